The first-order chi connectivity index (χ1) is 11.5. The second-order valence-corrected chi connectivity index (χ2v) is 5.06. The fraction of sp³-hybridized carbons (Fsp3) is 0.176. The van der Waals surface area contributed by atoms with Gasteiger partial charge in [0.25, 0.3) is 5.69 Å². The standard InChI is InChI=1S/C17H17N3O4/c1-12(14-4-3-5-15(11-14)20(22)23)18-19-17(21)10-13-6-8-16(24-2)9-7-13/h3-9,11H,10H2,1-2H3,(H,19,21). The lowest BCUT2D eigenvalue weighted by atomic mass is 10.1. The number of non-ortho nitro benzene ring substituents is 1. The molecule has 0 aliphatic heterocycles. The van der Waals surface area contributed by atoms with Crippen molar-refractivity contribution in [3.05, 3.63) is 69.8 Å². The van der Waals surface area contributed by atoms with Crippen molar-refractivity contribution in [2.75, 3.05) is 7.11 Å². The number of ether oxygens (including phenoxy) is 1. The Balaban J connectivity index is 1.99. The second kappa shape index (κ2) is 7.87. The third kappa shape index (κ3) is 4.64. The van der Waals surface area contributed by atoms with Gasteiger partial charge in [-0.3, -0.25) is 14.9 Å². The van der Waals surface area contributed by atoms with E-state index in [0.29, 0.717) is 11.3 Å². The maximum atomic E-state index is 11.9. The summed E-state index contributed by atoms with van der Waals surface area (Å²) in [5.41, 5.74) is 4.33. The van der Waals surface area contributed by atoms with Crippen LogP contribution in [0, 0.1) is 10.1 Å². The molecule has 0 saturated carbocycles. The Morgan fingerprint density at radius 1 is 1.25 bits per heavy atom. The number of carbonyl (C=O) groups excluding carboxylic acids is 1. The van der Waals surface area contributed by atoms with Crippen LogP contribution in [0.25, 0.3) is 0 Å². The van der Waals surface area contributed by atoms with Gasteiger partial charge in [0.15, 0.2) is 0 Å². The molecule has 0 radical (unpaired) electrons. The zero-order valence-electron chi connectivity index (χ0n) is 13.4. The number of hydrogen-bond donors (Lipinski definition) is 1. The number of nitrogens with one attached hydrogen (secondary N) is 1. The number of nitro benzene ring substituents is 1. The number of methoxy groups -OCH3 is 1. The van der Waals surface area contributed by atoms with Crippen LogP contribution in [0.4, 0.5) is 5.69 Å². The zero-order chi connectivity index (χ0) is 17.5. The van der Waals surface area contributed by atoms with E-state index in [9.17, 15) is 14.9 Å². The SMILES string of the molecule is COc1ccc(CC(=O)NN=C(C)c2cccc([N+](=O)[O-])c2)cc1. The summed E-state index contributed by atoms with van der Waals surface area (Å²) < 4.78 is 5.06. The van der Waals surface area contributed by atoms with Gasteiger partial charge in [-0.15, -0.1) is 0 Å². The van der Waals surface area contributed by atoms with Crippen LogP contribution in [0.5, 0.6) is 5.75 Å². The molecule has 24 heavy (non-hydrogen) atoms. The van der Waals surface area contributed by atoms with E-state index < -0.39 is 4.92 Å². The topological polar surface area (TPSA) is 93.8 Å². The molecule has 0 aliphatic rings. The molecule has 0 bridgehead atoms. The molecule has 0 aromatic heterocycles. The molecule has 0 atom stereocenters. The van der Waals surface area contributed by atoms with Gasteiger partial charge in [0.2, 0.25) is 5.91 Å². The second-order valence-electron chi connectivity index (χ2n) is 5.06. The first-order valence-electron chi connectivity index (χ1n) is 7.20. The van der Waals surface area contributed by atoms with Gasteiger partial charge in [0, 0.05) is 17.7 Å². The van der Waals surface area contributed by atoms with Crippen molar-refractivity contribution in [1.82, 2.24) is 5.43 Å². The highest BCUT2D eigenvalue weighted by molar-refractivity contribution is 5.99. The zero-order valence-corrected chi connectivity index (χ0v) is 13.4. The number of hydrazone groups is 1. The van der Waals surface area contributed by atoms with Crippen LogP contribution in [0.3, 0.4) is 0 Å². The van der Waals surface area contributed by atoms with E-state index in [1.165, 1.54) is 12.1 Å². The van der Waals surface area contributed by atoms with Gasteiger partial charge in [0.05, 0.1) is 24.2 Å². The third-order valence-corrected chi connectivity index (χ3v) is 3.35. The number of amides is 1. The molecule has 2 aromatic carbocycles. The molecule has 0 fully saturated rings. The number of carbonyl (C=O) groups is 1. The Hall–Kier alpha value is -3.22. The van der Waals surface area contributed by atoms with Crippen molar-refractivity contribution in [3.63, 3.8) is 0 Å². The normalized spacial score (nSPS) is 11.0. The lowest BCUT2D eigenvalue weighted by Crippen LogP contribution is -2.21. The summed E-state index contributed by atoms with van der Waals surface area (Å²) in [6, 6.07) is 13.2. The summed E-state index contributed by atoms with van der Waals surface area (Å²) in [6.45, 7) is 1.67. The Bertz CT molecular complexity index is 770. The highest BCUT2D eigenvalue weighted by Gasteiger charge is 2.08. The largest absolute Gasteiger partial charge is 0.497 e. The van der Waals surface area contributed by atoms with Crippen molar-refractivity contribution in [2.45, 2.75) is 13.3 Å². The molecule has 0 aliphatic carbocycles. The van der Waals surface area contributed by atoms with Crippen molar-refractivity contribution in [1.29, 1.82) is 0 Å². The van der Waals surface area contributed by atoms with Gasteiger partial charge >= 0.3 is 0 Å². The van der Waals surface area contributed by atoms with E-state index in [2.05, 4.69) is 10.5 Å². The van der Waals surface area contributed by atoms with E-state index >= 15 is 0 Å². The lowest BCUT2D eigenvalue weighted by Gasteiger charge is -2.04. The average molecular weight is 327 g/mol. The fourth-order valence-corrected chi connectivity index (χ4v) is 2.02. The number of nitrogens with zero attached hydrogens (tertiary/aromatic N) is 2. The number of hydrogen-bond acceptors (Lipinski definition) is 5. The van der Waals surface area contributed by atoms with E-state index in [4.69, 9.17) is 4.74 Å². The molecule has 2 rings (SSSR count). The number of nitro groups is 1. The van der Waals surface area contributed by atoms with Crippen molar-refractivity contribution in [3.8, 4) is 5.75 Å². The molecular weight excluding hydrogens is 310 g/mol. The minimum Gasteiger partial charge on any atom is -0.497 e. The molecule has 7 nitrogen and oxygen atoms in total. The molecular formula is C17H17N3O4. The lowest BCUT2D eigenvalue weighted by molar-refractivity contribution is -0.384. The number of benzene rings is 2. The summed E-state index contributed by atoms with van der Waals surface area (Å²) in [5, 5.41) is 14.8. The Labute approximate surface area is 139 Å². The van der Waals surface area contributed by atoms with Gasteiger partial charge in [-0.05, 0) is 24.6 Å². The fourth-order valence-electron chi connectivity index (χ4n) is 2.02. The Morgan fingerprint density at radius 2 is 1.96 bits per heavy atom. The van der Waals surface area contributed by atoms with Gasteiger partial charge in [-0.2, -0.15) is 5.10 Å². The molecule has 0 heterocycles. The van der Waals surface area contributed by atoms with E-state index in [-0.39, 0.29) is 18.0 Å². The third-order valence-electron chi connectivity index (χ3n) is 3.35. The minimum atomic E-state index is -0.473. The molecule has 0 unspecified atom stereocenters. The summed E-state index contributed by atoms with van der Waals surface area (Å²) in [4.78, 5) is 22.2. The quantitative estimate of drug-likeness (QED) is 0.501. The van der Waals surface area contributed by atoms with Crippen LogP contribution in [0.2, 0.25) is 0 Å². The Kier molecular flexibility index (Phi) is 5.62. The van der Waals surface area contributed by atoms with Gasteiger partial charge in [-0.1, -0.05) is 24.3 Å². The molecule has 0 saturated heterocycles. The summed E-state index contributed by atoms with van der Waals surface area (Å²) in [6.07, 6.45) is 0.176. The maximum absolute atomic E-state index is 11.9. The van der Waals surface area contributed by atoms with Crippen LogP contribution >= 0.6 is 0 Å². The average Bonchev–Trinajstić information content (AvgIpc) is 2.60. The maximum Gasteiger partial charge on any atom is 0.270 e. The smallest absolute Gasteiger partial charge is 0.270 e. The predicted molar refractivity (Wildman–Crippen MR) is 90.1 cm³/mol. The summed E-state index contributed by atoms with van der Waals surface area (Å²) in [5.74, 6) is 0.448. The van der Waals surface area contributed by atoms with Crippen LogP contribution in [0.1, 0.15) is 18.1 Å². The number of rotatable bonds is 6. The van der Waals surface area contributed by atoms with E-state index in [0.717, 1.165) is 11.3 Å². The van der Waals surface area contributed by atoms with Crippen LogP contribution in [-0.2, 0) is 11.2 Å². The van der Waals surface area contributed by atoms with E-state index in [1.54, 1.807) is 50.4 Å². The molecule has 1 amide bonds. The van der Waals surface area contributed by atoms with Crippen LogP contribution < -0.4 is 10.2 Å². The highest BCUT2D eigenvalue weighted by Crippen LogP contribution is 2.14. The molecule has 1 N–H and O–H groups in total. The highest BCUT2D eigenvalue weighted by atomic mass is 16.6. The van der Waals surface area contributed by atoms with Gasteiger partial charge in [0.1, 0.15) is 5.75 Å². The first kappa shape index (κ1) is 17.1. The summed E-state index contributed by atoms with van der Waals surface area (Å²) in [7, 11) is 1.58. The van der Waals surface area contributed by atoms with Crippen molar-refractivity contribution < 1.29 is 14.5 Å². The monoisotopic (exact) mass is 327 g/mol. The van der Waals surface area contributed by atoms with Crippen LogP contribution in [-0.4, -0.2) is 23.7 Å². The van der Waals surface area contributed by atoms with Gasteiger partial charge in [-0.25, -0.2) is 5.43 Å². The van der Waals surface area contributed by atoms with Gasteiger partial charge < -0.3 is 4.74 Å². The first-order valence-corrected chi connectivity index (χ1v) is 7.20. The molecule has 2 aromatic rings. The van der Waals surface area contributed by atoms with E-state index in [1.807, 2.05) is 0 Å². The molecule has 7 heteroatoms. The van der Waals surface area contributed by atoms with Crippen molar-refractivity contribution in [2.24, 2.45) is 5.10 Å². The van der Waals surface area contributed by atoms with Crippen LogP contribution in [0.15, 0.2) is 53.6 Å². The molecule has 0 spiro atoms. The van der Waals surface area contributed by atoms with Crippen molar-refractivity contribution >= 4 is 17.3 Å². The summed E-state index contributed by atoms with van der Waals surface area (Å²) >= 11 is 0. The molecule has 124 valence electrons. The predicted octanol–water partition coefficient (Wildman–Crippen LogP) is 2.69. The Morgan fingerprint density at radius 3 is 2.58 bits per heavy atom. The minimum absolute atomic E-state index is 0.0217.